The molecule has 0 fully saturated rings. The molecule has 0 aromatic heterocycles. The van der Waals surface area contributed by atoms with E-state index < -0.39 is 5.41 Å². The minimum Gasteiger partial charge on any atom is -0.310 e. The van der Waals surface area contributed by atoms with Crippen molar-refractivity contribution in [3.05, 3.63) is 332 Å². The third-order valence-electron chi connectivity index (χ3n) is 15.8. The van der Waals surface area contributed by atoms with Crippen LogP contribution in [0.5, 0.6) is 0 Å². The molecule has 13 aromatic rings. The van der Waals surface area contributed by atoms with E-state index >= 15 is 0 Å². The van der Waals surface area contributed by atoms with Gasteiger partial charge in [0.1, 0.15) is 0 Å². The van der Waals surface area contributed by atoms with Gasteiger partial charge in [0.15, 0.2) is 0 Å². The Bertz CT molecular complexity index is 4180. The fraction of sp³-hybridized carbons (Fsp3) is 0.0133. The molecule has 13 aromatic carbocycles. The Morgan fingerprint density at radius 2 is 0.632 bits per heavy atom. The first-order chi connectivity index (χ1) is 37.7. The molecular formula is C75H51N. The van der Waals surface area contributed by atoms with Crippen molar-refractivity contribution in [3.8, 4) is 66.8 Å². The van der Waals surface area contributed by atoms with Crippen LogP contribution < -0.4 is 4.90 Å². The monoisotopic (exact) mass is 965 g/mol. The highest BCUT2D eigenvalue weighted by molar-refractivity contribution is 6.22. The highest BCUT2D eigenvalue weighted by atomic mass is 15.1. The highest BCUT2D eigenvalue weighted by Gasteiger charge is 2.46. The quantitative estimate of drug-likeness (QED) is 0.123. The number of benzene rings is 13. The molecular weight excluding hydrogens is 915 g/mol. The molecule has 0 amide bonds. The van der Waals surface area contributed by atoms with Crippen LogP contribution in [0.1, 0.15) is 22.3 Å². The van der Waals surface area contributed by atoms with Gasteiger partial charge in [0.2, 0.25) is 0 Å². The van der Waals surface area contributed by atoms with Crippen LogP contribution in [0, 0.1) is 0 Å². The van der Waals surface area contributed by atoms with Crippen molar-refractivity contribution in [2.24, 2.45) is 0 Å². The van der Waals surface area contributed by atoms with Gasteiger partial charge in [-0.15, -0.1) is 0 Å². The molecule has 1 aliphatic rings. The third-order valence-corrected chi connectivity index (χ3v) is 15.8. The van der Waals surface area contributed by atoms with E-state index in [1.807, 2.05) is 0 Å². The van der Waals surface area contributed by atoms with Crippen LogP contribution >= 0.6 is 0 Å². The lowest BCUT2D eigenvalue weighted by atomic mass is 9.68. The molecule has 0 bridgehead atoms. The van der Waals surface area contributed by atoms with E-state index in [1.165, 1.54) is 99.4 Å². The van der Waals surface area contributed by atoms with Gasteiger partial charge >= 0.3 is 0 Å². The summed E-state index contributed by atoms with van der Waals surface area (Å²) in [5.74, 6) is 0. The van der Waals surface area contributed by atoms with Crippen LogP contribution in [0.25, 0.3) is 88.3 Å². The van der Waals surface area contributed by atoms with Gasteiger partial charge < -0.3 is 4.90 Å². The fourth-order valence-electron chi connectivity index (χ4n) is 12.4. The molecule has 0 N–H and O–H groups in total. The molecule has 1 aliphatic carbocycles. The fourth-order valence-corrected chi connectivity index (χ4v) is 12.4. The molecule has 0 heterocycles. The van der Waals surface area contributed by atoms with Gasteiger partial charge in [0.05, 0.1) is 11.1 Å². The number of anilines is 3. The van der Waals surface area contributed by atoms with E-state index in [9.17, 15) is 0 Å². The van der Waals surface area contributed by atoms with Crippen molar-refractivity contribution in [1.82, 2.24) is 0 Å². The van der Waals surface area contributed by atoms with E-state index in [0.29, 0.717) is 0 Å². The van der Waals surface area contributed by atoms with Crippen LogP contribution in [-0.2, 0) is 5.41 Å². The maximum absolute atomic E-state index is 2.48. The number of rotatable bonds is 10. The van der Waals surface area contributed by atoms with Gasteiger partial charge in [0, 0.05) is 16.9 Å². The van der Waals surface area contributed by atoms with Crippen LogP contribution in [0.4, 0.5) is 17.1 Å². The summed E-state index contributed by atoms with van der Waals surface area (Å²) in [7, 11) is 0. The first-order valence-corrected chi connectivity index (χ1v) is 26.3. The van der Waals surface area contributed by atoms with E-state index in [1.54, 1.807) is 0 Å². The second-order valence-electron chi connectivity index (χ2n) is 19.9. The first-order valence-electron chi connectivity index (χ1n) is 26.3. The number of nitrogens with zero attached hydrogens (tertiary/aromatic N) is 1. The Balaban J connectivity index is 0.982. The SMILES string of the molecule is c1ccc(-c2ccc(-c3ccc(N(c4ccc5c(c4)-c4ccccc4C5(c4ccccc4)c4ccccc4)c4ccccc4-c4ccc5c(c4)c(-c4ccccc4)c(-c4ccccc4)c4ccccc45)cc3)cc2)cc1. The Kier molecular flexibility index (Phi) is 11.2. The van der Waals surface area contributed by atoms with Gasteiger partial charge in [-0.3, -0.25) is 0 Å². The number of para-hydroxylation sites is 1. The Morgan fingerprint density at radius 1 is 0.224 bits per heavy atom. The second kappa shape index (κ2) is 18.9. The van der Waals surface area contributed by atoms with E-state index in [2.05, 4.69) is 314 Å². The minimum atomic E-state index is -0.502. The van der Waals surface area contributed by atoms with Gasteiger partial charge in [0.25, 0.3) is 0 Å². The summed E-state index contributed by atoms with van der Waals surface area (Å²) in [4.78, 5) is 2.48. The zero-order valence-corrected chi connectivity index (χ0v) is 41.9. The molecule has 1 nitrogen and oxygen atoms in total. The Labute approximate surface area is 444 Å². The third kappa shape index (κ3) is 7.47. The molecule has 0 aliphatic heterocycles. The summed E-state index contributed by atoms with van der Waals surface area (Å²) in [5, 5.41) is 4.94. The predicted octanol–water partition coefficient (Wildman–Crippen LogP) is 20.2. The van der Waals surface area contributed by atoms with Gasteiger partial charge in [-0.2, -0.15) is 0 Å². The summed E-state index contributed by atoms with van der Waals surface area (Å²) in [5.41, 5.74) is 22.2. The van der Waals surface area contributed by atoms with Gasteiger partial charge in [-0.1, -0.05) is 273 Å². The van der Waals surface area contributed by atoms with Crippen molar-refractivity contribution in [2.75, 3.05) is 4.90 Å². The Hall–Kier alpha value is -9.82. The average molecular weight is 966 g/mol. The van der Waals surface area contributed by atoms with Crippen molar-refractivity contribution in [2.45, 2.75) is 5.41 Å². The molecule has 0 saturated carbocycles. The molecule has 356 valence electrons. The first kappa shape index (κ1) is 44.8. The standard InChI is InChI=1S/C75H51N/c1-6-22-52(23-7-1)53-38-40-54(41-39-53)55-42-45-61(46-43-55)76(62-47-49-71-68(51-62)66-34-18-20-36-70(66)75(71,59-28-12-4-13-29-59)60-30-14-5-15-31-60)72-37-21-19-32-63(72)58-44-48-65-64-33-16-17-35-67(64)73(56-24-8-2-9-25-56)74(69(65)50-58)57-26-10-3-11-27-57/h1-51H. The molecule has 0 radical (unpaired) electrons. The molecule has 0 atom stereocenters. The lowest BCUT2D eigenvalue weighted by Crippen LogP contribution is -2.28. The maximum Gasteiger partial charge on any atom is 0.0713 e. The summed E-state index contributed by atoms with van der Waals surface area (Å²) in [6.07, 6.45) is 0. The molecule has 1 heteroatoms. The normalized spacial score (nSPS) is 12.3. The van der Waals surface area contributed by atoms with Gasteiger partial charge in [-0.25, -0.2) is 0 Å². The average Bonchev–Trinajstić information content (AvgIpc) is 3.83. The van der Waals surface area contributed by atoms with E-state index in [4.69, 9.17) is 0 Å². The van der Waals surface area contributed by atoms with Crippen LogP contribution in [0.2, 0.25) is 0 Å². The number of hydrogen-bond acceptors (Lipinski definition) is 1. The van der Waals surface area contributed by atoms with Crippen LogP contribution in [0.15, 0.2) is 309 Å². The molecule has 0 unspecified atom stereocenters. The van der Waals surface area contributed by atoms with Crippen LogP contribution in [-0.4, -0.2) is 0 Å². The summed E-state index contributed by atoms with van der Waals surface area (Å²) in [6.45, 7) is 0. The number of fused-ring (bicyclic) bond motifs is 6. The summed E-state index contributed by atoms with van der Waals surface area (Å²) in [6, 6.07) is 114. The Morgan fingerprint density at radius 3 is 1.24 bits per heavy atom. The second-order valence-corrected chi connectivity index (χ2v) is 19.9. The predicted molar refractivity (Wildman–Crippen MR) is 321 cm³/mol. The lowest BCUT2D eigenvalue weighted by molar-refractivity contribution is 0.768. The van der Waals surface area contributed by atoms with E-state index in [0.717, 1.165) is 28.2 Å². The van der Waals surface area contributed by atoms with Crippen molar-refractivity contribution < 1.29 is 0 Å². The smallest absolute Gasteiger partial charge is 0.0713 e. The minimum absolute atomic E-state index is 0.502. The maximum atomic E-state index is 2.48. The van der Waals surface area contributed by atoms with Crippen molar-refractivity contribution >= 4 is 38.6 Å². The van der Waals surface area contributed by atoms with E-state index in [-0.39, 0.29) is 0 Å². The largest absolute Gasteiger partial charge is 0.310 e. The van der Waals surface area contributed by atoms with Crippen molar-refractivity contribution in [1.29, 1.82) is 0 Å². The van der Waals surface area contributed by atoms with Crippen LogP contribution in [0.3, 0.4) is 0 Å². The van der Waals surface area contributed by atoms with Gasteiger partial charge in [-0.05, 0) is 141 Å². The zero-order chi connectivity index (χ0) is 50.4. The molecule has 0 saturated heterocycles. The topological polar surface area (TPSA) is 3.24 Å². The molecule has 14 rings (SSSR count). The summed E-state index contributed by atoms with van der Waals surface area (Å²) < 4.78 is 0. The zero-order valence-electron chi connectivity index (χ0n) is 41.9. The highest BCUT2D eigenvalue weighted by Crippen LogP contribution is 2.57. The van der Waals surface area contributed by atoms with Crippen molar-refractivity contribution in [3.63, 3.8) is 0 Å². The lowest BCUT2D eigenvalue weighted by Gasteiger charge is -2.34. The number of hydrogen-bond donors (Lipinski definition) is 0. The molecule has 0 spiro atoms. The molecule has 76 heavy (non-hydrogen) atoms. The summed E-state index contributed by atoms with van der Waals surface area (Å²) >= 11 is 0.